The van der Waals surface area contributed by atoms with Crippen LogP contribution in [0.15, 0.2) is 33.6 Å². The van der Waals surface area contributed by atoms with Crippen LogP contribution in [0.5, 0.6) is 0 Å². The van der Waals surface area contributed by atoms with Gasteiger partial charge in [0.25, 0.3) is 5.91 Å². The summed E-state index contributed by atoms with van der Waals surface area (Å²) in [5.74, 6) is -1.31. The van der Waals surface area contributed by atoms with Crippen molar-refractivity contribution in [3.05, 3.63) is 35.0 Å². The normalized spacial score (nSPS) is 10.6. The third-order valence-corrected chi connectivity index (χ3v) is 3.72. The lowest BCUT2D eigenvalue weighted by atomic mass is 10.1. The van der Waals surface area contributed by atoms with Crippen LogP contribution in [0, 0.1) is 0 Å². The summed E-state index contributed by atoms with van der Waals surface area (Å²) in [4.78, 5) is 35.1. The van der Waals surface area contributed by atoms with E-state index in [1.165, 1.54) is 37.4 Å². The van der Waals surface area contributed by atoms with E-state index < -0.39 is 23.9 Å². The highest BCUT2D eigenvalue weighted by Gasteiger charge is 2.22. The molecule has 1 N–H and O–H groups in total. The molecule has 134 valence electrons. The van der Waals surface area contributed by atoms with Gasteiger partial charge in [0, 0.05) is 6.20 Å². The molecule has 0 fully saturated rings. The molecule has 2 heterocycles. The lowest BCUT2D eigenvalue weighted by molar-refractivity contribution is -0.144. The number of esters is 2. The monoisotopic (exact) mass is 413 g/mol. The van der Waals surface area contributed by atoms with Crippen LogP contribution in [0.3, 0.4) is 0 Å². The molecule has 25 heavy (non-hydrogen) atoms. The average molecular weight is 414 g/mol. The van der Waals surface area contributed by atoms with E-state index in [9.17, 15) is 14.4 Å². The Balaban J connectivity index is 2.10. The summed E-state index contributed by atoms with van der Waals surface area (Å²) in [7, 11) is 2.52. The number of nitrogens with zero attached hydrogens (tertiary/aromatic N) is 2. The summed E-state index contributed by atoms with van der Waals surface area (Å²) < 4.78 is 16.3. The predicted molar refractivity (Wildman–Crippen MR) is 88.9 cm³/mol. The maximum Gasteiger partial charge on any atom is 0.307 e. The first-order valence-corrected chi connectivity index (χ1v) is 7.96. The maximum atomic E-state index is 12.0. The number of anilines is 1. The number of hydrogen-bond donors (Lipinski definition) is 1. The molecule has 0 aliphatic rings. The smallest absolute Gasteiger partial charge is 0.307 e. The van der Waals surface area contributed by atoms with E-state index in [2.05, 4.69) is 35.8 Å². The van der Waals surface area contributed by atoms with Crippen molar-refractivity contribution in [1.82, 2.24) is 9.78 Å². The number of carbonyl (C=O) groups is 3. The lowest BCUT2D eigenvalue weighted by Gasteiger charge is -2.15. The second-order valence-corrected chi connectivity index (χ2v) is 5.76. The summed E-state index contributed by atoms with van der Waals surface area (Å²) >= 11 is 3.12. The van der Waals surface area contributed by atoms with E-state index in [1.54, 1.807) is 6.07 Å². The minimum atomic E-state index is -0.594. The van der Waals surface area contributed by atoms with E-state index in [-0.39, 0.29) is 18.6 Å². The van der Waals surface area contributed by atoms with Crippen molar-refractivity contribution < 1.29 is 28.3 Å². The topological polar surface area (TPSA) is 113 Å². The number of amides is 1. The molecule has 10 heteroatoms. The molecule has 0 bridgehead atoms. The summed E-state index contributed by atoms with van der Waals surface area (Å²) in [5, 5.41) is 6.70. The van der Waals surface area contributed by atoms with Gasteiger partial charge in [-0.25, -0.2) is 0 Å². The Morgan fingerprint density at radius 3 is 2.40 bits per heavy atom. The van der Waals surface area contributed by atoms with E-state index in [4.69, 9.17) is 4.42 Å². The van der Waals surface area contributed by atoms with Crippen LogP contribution in [0.4, 0.5) is 5.69 Å². The SMILES string of the molecule is COC(=O)CC(CC(=O)OC)n1cc(NC(=O)c2ccc(Br)o2)cn1. The molecule has 0 unspecified atom stereocenters. The highest BCUT2D eigenvalue weighted by atomic mass is 79.9. The number of furan rings is 1. The summed E-state index contributed by atoms with van der Waals surface area (Å²) in [6.07, 6.45) is 2.78. The zero-order chi connectivity index (χ0) is 18.4. The zero-order valence-electron chi connectivity index (χ0n) is 13.5. The fraction of sp³-hybridized carbons (Fsp3) is 0.333. The summed E-state index contributed by atoms with van der Waals surface area (Å²) in [6.45, 7) is 0. The van der Waals surface area contributed by atoms with E-state index >= 15 is 0 Å². The van der Waals surface area contributed by atoms with Crippen LogP contribution >= 0.6 is 15.9 Å². The Morgan fingerprint density at radius 2 is 1.88 bits per heavy atom. The van der Waals surface area contributed by atoms with Crippen molar-refractivity contribution in [2.24, 2.45) is 0 Å². The van der Waals surface area contributed by atoms with Crippen molar-refractivity contribution in [1.29, 1.82) is 0 Å². The molecule has 2 rings (SSSR count). The first-order chi connectivity index (χ1) is 11.9. The van der Waals surface area contributed by atoms with Gasteiger partial charge in [-0.3, -0.25) is 19.1 Å². The Bertz CT molecular complexity index is 751. The molecule has 2 aromatic rings. The van der Waals surface area contributed by atoms with E-state index in [0.717, 1.165) is 0 Å². The van der Waals surface area contributed by atoms with Crippen LogP contribution in [0.25, 0.3) is 0 Å². The van der Waals surface area contributed by atoms with E-state index in [1.807, 2.05) is 0 Å². The second-order valence-electron chi connectivity index (χ2n) is 4.98. The Morgan fingerprint density at radius 1 is 1.24 bits per heavy atom. The van der Waals surface area contributed by atoms with Gasteiger partial charge in [-0.2, -0.15) is 5.10 Å². The number of hydrogen-bond acceptors (Lipinski definition) is 7. The second kappa shape index (κ2) is 8.47. The standard InChI is InChI=1S/C15H16BrN3O6/c1-23-13(20)5-10(6-14(21)24-2)19-8-9(7-17-19)18-15(22)11-3-4-12(16)25-11/h3-4,7-8,10H,5-6H2,1-2H3,(H,18,22). The van der Waals surface area contributed by atoms with Crippen molar-refractivity contribution in [2.75, 3.05) is 19.5 Å². The zero-order valence-corrected chi connectivity index (χ0v) is 15.1. The van der Waals surface area contributed by atoms with Crippen LogP contribution < -0.4 is 5.32 Å². The first kappa shape index (κ1) is 18.7. The molecule has 2 aromatic heterocycles. The van der Waals surface area contributed by atoms with Crippen LogP contribution in [-0.4, -0.2) is 41.8 Å². The van der Waals surface area contributed by atoms with Crippen LogP contribution in [0.1, 0.15) is 29.4 Å². The van der Waals surface area contributed by atoms with Crippen molar-refractivity contribution in [2.45, 2.75) is 18.9 Å². The fourth-order valence-corrected chi connectivity index (χ4v) is 2.35. The Hall–Kier alpha value is -2.62. The predicted octanol–water partition coefficient (Wildman–Crippen LogP) is 2.16. The van der Waals surface area contributed by atoms with Crippen molar-refractivity contribution in [3.8, 4) is 0 Å². The van der Waals surface area contributed by atoms with Gasteiger partial charge < -0.3 is 19.2 Å². The highest BCUT2D eigenvalue weighted by molar-refractivity contribution is 9.10. The number of ether oxygens (including phenoxy) is 2. The lowest BCUT2D eigenvalue weighted by Crippen LogP contribution is -2.19. The van der Waals surface area contributed by atoms with E-state index in [0.29, 0.717) is 10.4 Å². The number of nitrogens with one attached hydrogen (secondary N) is 1. The highest BCUT2D eigenvalue weighted by Crippen LogP contribution is 2.20. The van der Waals surface area contributed by atoms with Crippen LogP contribution in [-0.2, 0) is 19.1 Å². The molecular formula is C15H16BrN3O6. The van der Waals surface area contributed by atoms with Gasteiger partial charge in [-0.05, 0) is 28.1 Å². The largest absolute Gasteiger partial charge is 0.469 e. The molecule has 0 aromatic carbocycles. The minimum Gasteiger partial charge on any atom is -0.469 e. The Kier molecular flexibility index (Phi) is 6.34. The maximum absolute atomic E-state index is 12.0. The first-order valence-electron chi connectivity index (χ1n) is 7.17. The molecule has 0 spiro atoms. The molecule has 0 aliphatic heterocycles. The number of rotatable bonds is 7. The molecule has 0 saturated heterocycles. The van der Waals surface area contributed by atoms with Gasteiger partial charge in [0.1, 0.15) is 0 Å². The summed E-state index contributed by atoms with van der Waals surface area (Å²) in [5.41, 5.74) is 0.386. The van der Waals surface area contributed by atoms with Crippen LogP contribution in [0.2, 0.25) is 0 Å². The molecule has 0 radical (unpaired) electrons. The molecule has 1 amide bonds. The minimum absolute atomic E-state index is 0.0637. The van der Waals surface area contributed by atoms with Gasteiger partial charge in [-0.15, -0.1) is 0 Å². The number of aromatic nitrogens is 2. The van der Waals surface area contributed by atoms with Gasteiger partial charge in [0.15, 0.2) is 10.4 Å². The molecular weight excluding hydrogens is 398 g/mol. The molecule has 9 nitrogen and oxygen atoms in total. The number of carbonyl (C=O) groups excluding carboxylic acids is 3. The molecule has 0 atom stereocenters. The molecule has 0 aliphatic carbocycles. The number of methoxy groups -OCH3 is 2. The third-order valence-electron chi connectivity index (χ3n) is 3.29. The summed E-state index contributed by atoms with van der Waals surface area (Å²) in [6, 6.07) is 2.52. The van der Waals surface area contributed by atoms with Gasteiger partial charge in [0.05, 0.1) is 45.0 Å². The van der Waals surface area contributed by atoms with Gasteiger partial charge in [0.2, 0.25) is 0 Å². The number of halogens is 1. The fourth-order valence-electron chi connectivity index (χ4n) is 2.04. The average Bonchev–Trinajstić information content (AvgIpc) is 3.23. The quantitative estimate of drug-likeness (QED) is 0.691. The Labute approximate surface area is 151 Å². The third kappa shape index (κ3) is 5.18. The van der Waals surface area contributed by atoms with Crippen molar-refractivity contribution in [3.63, 3.8) is 0 Å². The molecule has 0 saturated carbocycles. The van der Waals surface area contributed by atoms with Crippen molar-refractivity contribution >= 4 is 39.5 Å². The van der Waals surface area contributed by atoms with Gasteiger partial charge in [-0.1, -0.05) is 0 Å². The van der Waals surface area contributed by atoms with Gasteiger partial charge >= 0.3 is 11.9 Å².